The lowest BCUT2D eigenvalue weighted by Gasteiger charge is -2.42. The van der Waals surface area contributed by atoms with Crippen LogP contribution in [0.2, 0.25) is 0 Å². The molecule has 4 N–H and O–H groups in total. The quantitative estimate of drug-likeness (QED) is 0.555. The van der Waals surface area contributed by atoms with Gasteiger partial charge in [-0.3, -0.25) is 24.9 Å². The second kappa shape index (κ2) is 8.70. The molecule has 0 spiro atoms. The third kappa shape index (κ3) is 4.10. The van der Waals surface area contributed by atoms with Crippen molar-refractivity contribution in [1.82, 2.24) is 20.5 Å². The van der Waals surface area contributed by atoms with E-state index in [1.807, 2.05) is 38.1 Å². The van der Waals surface area contributed by atoms with E-state index in [9.17, 15) is 14.7 Å². The Morgan fingerprint density at radius 2 is 2.06 bits per heavy atom. The number of aliphatic hydroxyl groups excluding tert-OH is 1. The van der Waals surface area contributed by atoms with Crippen LogP contribution >= 0.6 is 0 Å². The number of amides is 2. The number of carbonyl (C=O) groups excluding carboxylic acids is 2. The minimum absolute atomic E-state index is 0.0745. The van der Waals surface area contributed by atoms with Gasteiger partial charge in [0.05, 0.1) is 30.7 Å². The van der Waals surface area contributed by atoms with Gasteiger partial charge in [0.2, 0.25) is 5.91 Å². The Balaban J connectivity index is 1.47. The number of fused-ring (bicyclic) bond motifs is 1. The highest BCUT2D eigenvalue weighted by molar-refractivity contribution is 5.99. The maximum absolute atomic E-state index is 12.9. The molecule has 0 radical (unpaired) electrons. The van der Waals surface area contributed by atoms with Gasteiger partial charge in [-0.2, -0.15) is 0 Å². The molecule has 1 saturated heterocycles. The first-order chi connectivity index (χ1) is 15.4. The van der Waals surface area contributed by atoms with Crippen LogP contribution < -0.4 is 10.6 Å². The predicted octanol–water partition coefficient (Wildman–Crippen LogP) is 2.29. The summed E-state index contributed by atoms with van der Waals surface area (Å²) >= 11 is 0. The second-order valence-corrected chi connectivity index (χ2v) is 8.62. The average Bonchev–Trinajstić information content (AvgIpc) is 3.11. The van der Waals surface area contributed by atoms with Crippen LogP contribution in [0.15, 0.2) is 42.7 Å². The van der Waals surface area contributed by atoms with Crippen LogP contribution in [0.4, 0.5) is 0 Å². The van der Waals surface area contributed by atoms with E-state index in [0.717, 1.165) is 24.0 Å². The van der Waals surface area contributed by atoms with Gasteiger partial charge in [-0.15, -0.1) is 0 Å². The van der Waals surface area contributed by atoms with E-state index < -0.39 is 12.1 Å². The van der Waals surface area contributed by atoms with Crippen molar-refractivity contribution in [2.24, 2.45) is 0 Å². The Morgan fingerprint density at radius 1 is 1.31 bits per heavy atom. The molecule has 0 saturated carbocycles. The second-order valence-electron chi connectivity index (χ2n) is 8.62. The van der Waals surface area contributed by atoms with Gasteiger partial charge in [-0.05, 0) is 35.6 Å². The molecule has 1 aromatic carbocycles. The van der Waals surface area contributed by atoms with Crippen LogP contribution in [-0.4, -0.2) is 44.4 Å². The first kappa shape index (κ1) is 22.0. The predicted molar refractivity (Wildman–Crippen MR) is 120 cm³/mol. The highest BCUT2D eigenvalue weighted by Gasteiger charge is 2.39. The molecule has 2 atom stereocenters. The van der Waals surface area contributed by atoms with E-state index >= 15 is 0 Å². The average molecular weight is 436 g/mol. The summed E-state index contributed by atoms with van der Waals surface area (Å²) in [7, 11) is 0. The molecule has 1 aliphatic carbocycles. The lowest BCUT2D eigenvalue weighted by Crippen LogP contribution is -2.61. The van der Waals surface area contributed by atoms with Crippen molar-refractivity contribution in [3.05, 3.63) is 65.0 Å². The van der Waals surface area contributed by atoms with Gasteiger partial charge in [0.15, 0.2) is 5.96 Å². The van der Waals surface area contributed by atoms with Crippen LogP contribution in [0.5, 0.6) is 0 Å². The van der Waals surface area contributed by atoms with Crippen LogP contribution in [0.1, 0.15) is 66.2 Å². The third-order valence-electron chi connectivity index (χ3n) is 6.69. The normalized spacial score (nSPS) is 21.8. The number of hydrogen-bond acceptors (Lipinski definition) is 5. The number of rotatable bonds is 6. The molecule has 2 aliphatic rings. The molecule has 32 heavy (non-hydrogen) atoms. The fraction of sp³-hybridized carbons (Fsp3) is 0.417. The number of aromatic nitrogens is 1. The number of benzene rings is 1. The molecule has 4 rings (SSSR count). The maximum Gasteiger partial charge on any atom is 0.253 e. The van der Waals surface area contributed by atoms with Gasteiger partial charge in [0.25, 0.3) is 5.91 Å². The van der Waals surface area contributed by atoms with Crippen molar-refractivity contribution >= 4 is 17.8 Å². The Labute approximate surface area is 187 Å². The number of hydrogen-bond donors (Lipinski definition) is 4. The SMILES string of the molecule is CCC1(CC)CC(=O)N(Cc2cncc(C(=O)N[C@@H]3c4ccccc4C[C@H]3O)c2)C(=N)N1. The van der Waals surface area contributed by atoms with Gasteiger partial charge in [-0.1, -0.05) is 38.1 Å². The van der Waals surface area contributed by atoms with Crippen molar-refractivity contribution in [3.8, 4) is 0 Å². The van der Waals surface area contributed by atoms with Crippen LogP contribution in [0.25, 0.3) is 0 Å². The molecule has 0 bridgehead atoms. The topological polar surface area (TPSA) is 118 Å². The summed E-state index contributed by atoms with van der Waals surface area (Å²) in [5.41, 5.74) is 2.58. The van der Waals surface area contributed by atoms with Crippen LogP contribution in [-0.2, 0) is 17.8 Å². The molecule has 2 aromatic rings. The summed E-state index contributed by atoms with van der Waals surface area (Å²) < 4.78 is 0. The first-order valence-corrected chi connectivity index (χ1v) is 11.0. The van der Waals surface area contributed by atoms with Crippen molar-refractivity contribution < 1.29 is 14.7 Å². The van der Waals surface area contributed by atoms with Crippen molar-refractivity contribution in [1.29, 1.82) is 5.41 Å². The molecule has 8 heteroatoms. The Hall–Kier alpha value is -3.26. The number of nitrogens with one attached hydrogen (secondary N) is 3. The first-order valence-electron chi connectivity index (χ1n) is 11.0. The zero-order valence-corrected chi connectivity index (χ0v) is 18.4. The summed E-state index contributed by atoms with van der Waals surface area (Å²) in [4.78, 5) is 31.2. The summed E-state index contributed by atoms with van der Waals surface area (Å²) in [6, 6.07) is 8.89. The minimum atomic E-state index is -0.678. The van der Waals surface area contributed by atoms with E-state index in [2.05, 4.69) is 15.6 Å². The Bertz CT molecular complexity index is 1030. The fourth-order valence-electron chi connectivity index (χ4n) is 4.57. The summed E-state index contributed by atoms with van der Waals surface area (Å²) in [6.07, 6.45) is 4.74. The highest BCUT2D eigenvalue weighted by atomic mass is 16.3. The fourth-order valence-corrected chi connectivity index (χ4v) is 4.57. The molecular formula is C24H29N5O3. The zero-order valence-electron chi connectivity index (χ0n) is 18.4. The van der Waals surface area contributed by atoms with E-state index in [1.54, 1.807) is 12.3 Å². The molecule has 2 amide bonds. The van der Waals surface area contributed by atoms with Gasteiger partial charge >= 0.3 is 0 Å². The van der Waals surface area contributed by atoms with E-state index in [1.165, 1.54) is 11.1 Å². The number of aliphatic hydroxyl groups is 1. The molecule has 2 heterocycles. The molecule has 1 aromatic heterocycles. The van der Waals surface area contributed by atoms with Crippen LogP contribution in [0, 0.1) is 5.41 Å². The third-order valence-corrected chi connectivity index (χ3v) is 6.69. The standard InChI is InChI=1S/C24H29N5O3/c1-3-24(4-2)11-20(31)29(23(25)28-24)14-15-9-17(13-26-12-15)22(32)27-21-18-8-6-5-7-16(18)10-19(21)30/h5-9,12-13,19,21,30H,3-4,10-11,14H2,1-2H3,(H2,25,28)(H,27,32)/t19-,21-/m1/s1. The van der Waals surface area contributed by atoms with Crippen LogP contribution in [0.3, 0.4) is 0 Å². The van der Waals surface area contributed by atoms with Crippen molar-refractivity contribution in [2.45, 2.75) is 63.8 Å². The molecular weight excluding hydrogens is 406 g/mol. The Kier molecular flexibility index (Phi) is 5.97. The minimum Gasteiger partial charge on any atom is -0.390 e. The Morgan fingerprint density at radius 3 is 2.78 bits per heavy atom. The largest absolute Gasteiger partial charge is 0.390 e. The lowest BCUT2D eigenvalue weighted by molar-refractivity contribution is -0.131. The van der Waals surface area contributed by atoms with Gasteiger partial charge in [0, 0.05) is 24.4 Å². The summed E-state index contributed by atoms with van der Waals surface area (Å²) in [5, 5.41) is 24.8. The van der Waals surface area contributed by atoms with E-state index in [4.69, 9.17) is 5.41 Å². The van der Waals surface area contributed by atoms with E-state index in [0.29, 0.717) is 24.0 Å². The van der Waals surface area contributed by atoms with Gasteiger partial charge < -0.3 is 15.7 Å². The molecule has 1 fully saturated rings. The van der Waals surface area contributed by atoms with Gasteiger partial charge in [0.1, 0.15) is 0 Å². The monoisotopic (exact) mass is 435 g/mol. The summed E-state index contributed by atoms with van der Waals surface area (Å²) in [5.74, 6) is -0.377. The van der Waals surface area contributed by atoms with Crippen molar-refractivity contribution in [3.63, 3.8) is 0 Å². The smallest absolute Gasteiger partial charge is 0.253 e. The summed E-state index contributed by atoms with van der Waals surface area (Å²) in [6.45, 7) is 4.19. The number of carbonyl (C=O) groups is 2. The number of nitrogens with zero attached hydrogens (tertiary/aromatic N) is 2. The van der Waals surface area contributed by atoms with Gasteiger partial charge in [-0.25, -0.2) is 0 Å². The lowest BCUT2D eigenvalue weighted by atomic mass is 9.87. The molecule has 168 valence electrons. The van der Waals surface area contributed by atoms with Crippen molar-refractivity contribution in [2.75, 3.05) is 0 Å². The number of guanidine groups is 1. The molecule has 0 unspecified atom stereocenters. The van der Waals surface area contributed by atoms with E-state index in [-0.39, 0.29) is 29.9 Å². The maximum atomic E-state index is 12.9. The highest BCUT2D eigenvalue weighted by Crippen LogP contribution is 2.31. The molecule has 1 aliphatic heterocycles. The molecule has 8 nitrogen and oxygen atoms in total. The zero-order chi connectivity index (χ0) is 22.9. The number of pyridine rings is 1.